The van der Waals surface area contributed by atoms with E-state index in [2.05, 4.69) is 0 Å². The van der Waals surface area contributed by atoms with E-state index in [4.69, 9.17) is 19.1 Å². The molecule has 3 aromatic rings. The van der Waals surface area contributed by atoms with E-state index >= 15 is 0 Å². The second kappa shape index (κ2) is 8.61. The van der Waals surface area contributed by atoms with Gasteiger partial charge in [-0.1, -0.05) is 91.0 Å². The Balaban J connectivity index is 2.45. The summed E-state index contributed by atoms with van der Waals surface area (Å²) in [4.78, 5) is 9.72. The smallest absolute Gasteiger partial charge is 0.253 e. The van der Waals surface area contributed by atoms with Gasteiger partial charge in [-0.25, -0.2) is 9.78 Å². The quantitative estimate of drug-likeness (QED) is 0.227. The van der Waals surface area contributed by atoms with Crippen LogP contribution in [-0.4, -0.2) is 14.2 Å². The van der Waals surface area contributed by atoms with Crippen LogP contribution in [0.15, 0.2) is 91.0 Å². The number of benzene rings is 3. The van der Waals surface area contributed by atoms with Crippen molar-refractivity contribution in [3.05, 3.63) is 108 Å². The summed E-state index contributed by atoms with van der Waals surface area (Å²) in [7, 11) is -1.49. The molecule has 0 N–H and O–H groups in total. The average Bonchev–Trinajstić information content (AvgIpc) is 2.71. The van der Waals surface area contributed by atoms with E-state index in [1.54, 1.807) is 0 Å². The van der Waals surface area contributed by atoms with Crippen LogP contribution >= 0.6 is 7.60 Å². The minimum absolute atomic E-state index is 0.722. The van der Waals surface area contributed by atoms with Crippen molar-refractivity contribution in [3.8, 4) is 0 Å². The number of rotatable bonds is 8. The fourth-order valence-electron chi connectivity index (χ4n) is 3.33. The second-order valence-corrected chi connectivity index (χ2v) is 7.75. The Morgan fingerprint density at radius 3 is 1.15 bits per heavy atom. The highest BCUT2D eigenvalue weighted by molar-refractivity contribution is 7.55. The van der Waals surface area contributed by atoms with Crippen LogP contribution in [0.4, 0.5) is 0 Å². The molecule has 0 heterocycles. The third-order valence-corrected chi connectivity index (χ3v) is 6.62. The number of hydrogen-bond donors (Lipinski definition) is 0. The van der Waals surface area contributed by atoms with Crippen molar-refractivity contribution in [2.45, 2.75) is 5.16 Å². The molecule has 0 aliphatic carbocycles. The van der Waals surface area contributed by atoms with E-state index < -0.39 is 12.8 Å². The summed E-state index contributed by atoms with van der Waals surface area (Å²) in [5.74, 6) is 0. The monoisotopic (exact) mass is 384 g/mol. The fraction of sp³-hybridized carbons (Fsp3) is 0.143. The van der Waals surface area contributed by atoms with Crippen molar-refractivity contribution >= 4 is 7.60 Å². The molecule has 5 nitrogen and oxygen atoms in total. The van der Waals surface area contributed by atoms with Crippen LogP contribution in [0.2, 0.25) is 0 Å². The molecule has 3 rings (SSSR count). The third-order valence-electron chi connectivity index (χ3n) is 4.33. The average molecular weight is 384 g/mol. The first-order valence-corrected chi connectivity index (χ1v) is 9.95. The Labute approximate surface area is 158 Å². The third kappa shape index (κ3) is 3.48. The lowest BCUT2D eigenvalue weighted by Crippen LogP contribution is -2.31. The molecule has 0 fully saturated rings. The molecule has 0 saturated heterocycles. The van der Waals surface area contributed by atoms with Crippen LogP contribution in [0.1, 0.15) is 16.7 Å². The molecule has 0 saturated carbocycles. The zero-order valence-electron chi connectivity index (χ0n) is 15.1. The molecular weight excluding hydrogens is 363 g/mol. The Hall–Kier alpha value is -2.27. The van der Waals surface area contributed by atoms with Crippen molar-refractivity contribution < 1.29 is 23.7 Å². The first-order chi connectivity index (χ1) is 13.2. The van der Waals surface area contributed by atoms with Gasteiger partial charge in [-0.2, -0.15) is 0 Å². The summed E-state index contributed by atoms with van der Waals surface area (Å²) in [6, 6.07) is 28.2. The Morgan fingerprint density at radius 1 is 0.593 bits per heavy atom. The molecule has 0 bridgehead atoms. The van der Waals surface area contributed by atoms with E-state index in [9.17, 15) is 4.57 Å². The van der Waals surface area contributed by atoms with Gasteiger partial charge in [-0.3, -0.25) is 4.57 Å². The predicted octanol–water partition coefficient (Wildman–Crippen LogP) is 5.33. The van der Waals surface area contributed by atoms with Crippen molar-refractivity contribution in [1.29, 1.82) is 0 Å². The van der Waals surface area contributed by atoms with Gasteiger partial charge in [0.1, 0.15) is 0 Å². The topological polar surface area (TPSA) is 54.0 Å². The minimum Gasteiger partial charge on any atom is -0.253 e. The van der Waals surface area contributed by atoms with Gasteiger partial charge < -0.3 is 0 Å². The van der Waals surface area contributed by atoms with Gasteiger partial charge in [0.25, 0.3) is 0 Å². The zero-order valence-corrected chi connectivity index (χ0v) is 16.0. The van der Waals surface area contributed by atoms with Crippen LogP contribution in [0.25, 0.3) is 0 Å². The molecule has 0 amide bonds. The van der Waals surface area contributed by atoms with E-state index in [1.165, 1.54) is 14.2 Å². The van der Waals surface area contributed by atoms with Gasteiger partial charge in [0, 0.05) is 0 Å². The second-order valence-electron chi connectivity index (χ2n) is 5.79. The summed E-state index contributed by atoms with van der Waals surface area (Å²) < 4.78 is 24.8. The van der Waals surface area contributed by atoms with Crippen molar-refractivity contribution in [3.63, 3.8) is 0 Å². The lowest BCUT2D eigenvalue weighted by molar-refractivity contribution is -0.245. The van der Waals surface area contributed by atoms with E-state index in [1.807, 2.05) is 91.0 Å². The maximum Gasteiger partial charge on any atom is 0.403 e. The first kappa shape index (κ1) is 19.5. The molecule has 0 aromatic heterocycles. The predicted molar refractivity (Wildman–Crippen MR) is 103 cm³/mol. The molecule has 0 atom stereocenters. The lowest BCUT2D eigenvalue weighted by Gasteiger charge is -2.38. The van der Waals surface area contributed by atoms with Crippen molar-refractivity contribution in [2.75, 3.05) is 14.2 Å². The van der Waals surface area contributed by atoms with Crippen molar-refractivity contribution in [1.82, 2.24) is 0 Å². The van der Waals surface area contributed by atoms with Gasteiger partial charge in [-0.05, 0) is 16.7 Å². The van der Waals surface area contributed by atoms with Gasteiger partial charge in [0.2, 0.25) is 0 Å². The van der Waals surface area contributed by atoms with E-state index in [0.717, 1.165) is 16.7 Å². The summed E-state index contributed by atoms with van der Waals surface area (Å²) >= 11 is 0. The molecule has 0 unspecified atom stereocenters. The molecule has 140 valence electrons. The molecule has 27 heavy (non-hydrogen) atoms. The van der Waals surface area contributed by atoms with Crippen LogP contribution in [0, 0.1) is 0 Å². The summed E-state index contributed by atoms with van der Waals surface area (Å²) in [6.45, 7) is 0. The summed E-state index contributed by atoms with van der Waals surface area (Å²) in [5, 5.41) is -1.30. The summed E-state index contributed by atoms with van der Waals surface area (Å²) in [5.41, 5.74) is 2.17. The highest BCUT2D eigenvalue weighted by atomic mass is 31.2. The standard InChI is InChI=1S/C21H21O5P/c1-23-25-27(22,26-24-2)21(18-12-6-3-7-13-18,19-14-8-4-9-15-19)20-16-10-5-11-17-20/h3-17H,1-2H3. The zero-order chi connectivity index (χ0) is 19.2. The normalized spacial score (nSPS) is 12.1. The molecule has 3 aromatic carbocycles. The van der Waals surface area contributed by atoms with Gasteiger partial charge >= 0.3 is 7.60 Å². The molecular formula is C21H21O5P. The molecule has 0 spiro atoms. The molecule has 6 heteroatoms. The SMILES string of the molecule is COOP(=O)(OOC)C(c1ccccc1)(c1ccccc1)c1ccccc1. The Bertz CT molecular complexity index is 778. The lowest BCUT2D eigenvalue weighted by atomic mass is 9.84. The van der Waals surface area contributed by atoms with Crippen LogP contribution in [0.5, 0.6) is 0 Å². The largest absolute Gasteiger partial charge is 0.403 e. The first-order valence-electron chi connectivity index (χ1n) is 8.40. The minimum atomic E-state index is -4.07. The number of hydrogen-bond acceptors (Lipinski definition) is 5. The molecule has 0 aliphatic heterocycles. The molecule has 0 radical (unpaired) electrons. The van der Waals surface area contributed by atoms with Crippen LogP contribution < -0.4 is 0 Å². The highest BCUT2D eigenvalue weighted by Gasteiger charge is 2.57. The van der Waals surface area contributed by atoms with E-state index in [-0.39, 0.29) is 0 Å². The van der Waals surface area contributed by atoms with Gasteiger partial charge in [-0.15, -0.1) is 9.35 Å². The molecule has 0 aliphatic rings. The van der Waals surface area contributed by atoms with E-state index in [0.29, 0.717) is 0 Å². The maximum absolute atomic E-state index is 14.1. The van der Waals surface area contributed by atoms with Crippen LogP contribution in [-0.2, 0) is 28.8 Å². The maximum atomic E-state index is 14.1. The van der Waals surface area contributed by atoms with Crippen molar-refractivity contribution in [2.24, 2.45) is 0 Å². The Morgan fingerprint density at radius 2 is 0.889 bits per heavy atom. The summed E-state index contributed by atoms with van der Waals surface area (Å²) in [6.07, 6.45) is 0. The highest BCUT2D eigenvalue weighted by Crippen LogP contribution is 2.70. The Kier molecular flexibility index (Phi) is 6.22. The van der Waals surface area contributed by atoms with Crippen LogP contribution in [0.3, 0.4) is 0 Å². The van der Waals surface area contributed by atoms with Gasteiger partial charge in [0.05, 0.1) is 14.2 Å². The van der Waals surface area contributed by atoms with Gasteiger partial charge in [0.15, 0.2) is 5.16 Å². The fourth-order valence-corrected chi connectivity index (χ4v) is 5.37.